The lowest BCUT2D eigenvalue weighted by molar-refractivity contribution is -0.121. The van der Waals surface area contributed by atoms with Gasteiger partial charge in [-0.1, -0.05) is 18.5 Å². The Hall–Kier alpha value is -2.86. The van der Waals surface area contributed by atoms with Crippen LogP contribution in [0.15, 0.2) is 36.4 Å². The van der Waals surface area contributed by atoms with Gasteiger partial charge in [-0.05, 0) is 62.2 Å². The quantitative estimate of drug-likeness (QED) is 0.638. The first-order valence-corrected chi connectivity index (χ1v) is 9.72. The van der Waals surface area contributed by atoms with E-state index in [9.17, 15) is 19.1 Å². The van der Waals surface area contributed by atoms with Crippen LogP contribution in [0.1, 0.15) is 41.9 Å². The first-order valence-electron chi connectivity index (χ1n) is 9.35. The minimum Gasteiger partial charge on any atom is -0.508 e. The highest BCUT2D eigenvalue weighted by Crippen LogP contribution is 2.30. The zero-order valence-corrected chi connectivity index (χ0v) is 17.2. The molecule has 5 nitrogen and oxygen atoms in total. The average molecular weight is 417 g/mol. The molecular formula is C22H22ClFN2O3. The maximum atomic E-state index is 13.9. The molecule has 0 saturated heterocycles. The Morgan fingerprint density at radius 3 is 2.62 bits per heavy atom. The summed E-state index contributed by atoms with van der Waals surface area (Å²) in [6.45, 7) is 5.62. The van der Waals surface area contributed by atoms with Crippen LogP contribution in [0.25, 0.3) is 10.9 Å². The number of amides is 1. The van der Waals surface area contributed by atoms with E-state index in [2.05, 4.69) is 5.32 Å². The molecule has 3 rings (SSSR count). The number of nitrogens with zero attached hydrogens (tertiary/aromatic N) is 1. The summed E-state index contributed by atoms with van der Waals surface area (Å²) in [6.07, 6.45) is 0.860. The molecule has 3 aromatic rings. The van der Waals surface area contributed by atoms with Crippen molar-refractivity contribution in [1.82, 2.24) is 9.88 Å². The molecule has 0 bridgehead atoms. The van der Waals surface area contributed by atoms with E-state index < -0.39 is 11.7 Å². The normalized spacial score (nSPS) is 12.2. The number of aromatic nitrogens is 1. The minimum absolute atomic E-state index is 0.0308. The number of fused-ring (bicyclic) bond motifs is 1. The number of halogens is 2. The van der Waals surface area contributed by atoms with Gasteiger partial charge < -0.3 is 10.4 Å². The molecule has 0 aliphatic rings. The molecule has 1 heterocycles. The topological polar surface area (TPSA) is 71.3 Å². The Bertz CT molecular complexity index is 1110. The Balaban J connectivity index is 2.10. The van der Waals surface area contributed by atoms with Crippen molar-refractivity contribution in [2.24, 2.45) is 0 Å². The molecule has 0 aliphatic heterocycles. The number of hydrogen-bond donors (Lipinski definition) is 2. The number of hydrogen-bond acceptors (Lipinski definition) is 3. The van der Waals surface area contributed by atoms with Crippen LogP contribution < -0.4 is 5.32 Å². The Labute approximate surface area is 173 Å². The van der Waals surface area contributed by atoms with Crippen LogP contribution in [0, 0.1) is 12.7 Å². The number of nitrogens with one attached hydrogen (secondary N) is 1. The molecule has 1 aromatic heterocycles. The largest absolute Gasteiger partial charge is 0.508 e. The van der Waals surface area contributed by atoms with E-state index in [-0.39, 0.29) is 34.7 Å². The molecule has 1 atom stereocenters. The van der Waals surface area contributed by atoms with E-state index >= 15 is 0 Å². The monoisotopic (exact) mass is 416 g/mol. The maximum absolute atomic E-state index is 13.9. The third kappa shape index (κ3) is 4.12. The third-order valence-corrected chi connectivity index (χ3v) is 5.35. The van der Waals surface area contributed by atoms with Crippen LogP contribution >= 0.6 is 11.6 Å². The van der Waals surface area contributed by atoms with Gasteiger partial charge in [0.05, 0.1) is 17.0 Å². The van der Waals surface area contributed by atoms with Gasteiger partial charge >= 0.3 is 0 Å². The molecule has 152 valence electrons. The van der Waals surface area contributed by atoms with Gasteiger partial charge in [0.2, 0.25) is 5.91 Å². The second-order valence-corrected chi connectivity index (χ2v) is 7.50. The number of rotatable bonds is 5. The van der Waals surface area contributed by atoms with Gasteiger partial charge in [0, 0.05) is 22.7 Å². The summed E-state index contributed by atoms with van der Waals surface area (Å²) in [5.74, 6) is -1.27. The zero-order valence-electron chi connectivity index (χ0n) is 16.4. The standard InChI is InChI=1S/C22H22ClFN2O3/c1-4-12(2)25-21(28)11-16-13(3)26(20-8-6-15(27)10-17(16)20)22(29)14-5-7-18(23)19(24)9-14/h5-10,12,27H,4,11H2,1-3H3,(H,25,28). The molecule has 2 N–H and O–H groups in total. The van der Waals surface area contributed by atoms with Crippen LogP contribution in [0.2, 0.25) is 5.02 Å². The van der Waals surface area contributed by atoms with Crippen molar-refractivity contribution < 1.29 is 19.1 Å². The van der Waals surface area contributed by atoms with Gasteiger partial charge in [-0.15, -0.1) is 0 Å². The zero-order chi connectivity index (χ0) is 21.3. The number of phenolic OH excluding ortho intramolecular Hbond substituents is 1. The van der Waals surface area contributed by atoms with Gasteiger partial charge in [0.25, 0.3) is 5.91 Å². The SMILES string of the molecule is CCC(C)NC(=O)Cc1c(C)n(C(=O)c2ccc(Cl)c(F)c2)c2ccc(O)cc12. The second kappa shape index (κ2) is 8.25. The van der Waals surface area contributed by atoms with Gasteiger partial charge in [-0.3, -0.25) is 14.2 Å². The van der Waals surface area contributed by atoms with Crippen molar-refractivity contribution in [1.29, 1.82) is 0 Å². The van der Waals surface area contributed by atoms with Crippen LogP contribution in [0.3, 0.4) is 0 Å². The third-order valence-electron chi connectivity index (χ3n) is 5.05. The van der Waals surface area contributed by atoms with Gasteiger partial charge in [-0.2, -0.15) is 0 Å². The van der Waals surface area contributed by atoms with E-state index in [4.69, 9.17) is 11.6 Å². The molecular weight excluding hydrogens is 395 g/mol. The lowest BCUT2D eigenvalue weighted by atomic mass is 10.1. The highest BCUT2D eigenvalue weighted by Gasteiger charge is 2.22. The predicted molar refractivity (Wildman–Crippen MR) is 111 cm³/mol. The average Bonchev–Trinajstić information content (AvgIpc) is 2.94. The van der Waals surface area contributed by atoms with Crippen molar-refractivity contribution in [2.45, 2.75) is 39.7 Å². The lowest BCUT2D eigenvalue weighted by Gasteiger charge is -2.12. The van der Waals surface area contributed by atoms with E-state index in [0.29, 0.717) is 22.2 Å². The number of carbonyl (C=O) groups excluding carboxylic acids is 2. The van der Waals surface area contributed by atoms with Crippen LogP contribution in [0.4, 0.5) is 4.39 Å². The van der Waals surface area contributed by atoms with Crippen LogP contribution in [0.5, 0.6) is 5.75 Å². The fourth-order valence-corrected chi connectivity index (χ4v) is 3.42. The molecule has 0 aliphatic carbocycles. The summed E-state index contributed by atoms with van der Waals surface area (Å²) in [7, 11) is 0. The first kappa shape index (κ1) is 20.9. The van der Waals surface area contributed by atoms with E-state index in [0.717, 1.165) is 12.5 Å². The van der Waals surface area contributed by atoms with E-state index in [1.54, 1.807) is 13.0 Å². The summed E-state index contributed by atoms with van der Waals surface area (Å²) in [5.41, 5.74) is 1.87. The number of benzene rings is 2. The highest BCUT2D eigenvalue weighted by molar-refractivity contribution is 6.30. The van der Waals surface area contributed by atoms with Crippen molar-refractivity contribution in [3.05, 3.63) is 64.1 Å². The maximum Gasteiger partial charge on any atom is 0.262 e. The number of phenols is 1. The summed E-state index contributed by atoms with van der Waals surface area (Å²) in [5, 5.41) is 13.4. The van der Waals surface area contributed by atoms with Gasteiger partial charge in [0.1, 0.15) is 11.6 Å². The van der Waals surface area contributed by atoms with E-state index in [1.165, 1.54) is 28.8 Å². The minimum atomic E-state index is -0.683. The van der Waals surface area contributed by atoms with Crippen molar-refractivity contribution in [2.75, 3.05) is 0 Å². The summed E-state index contributed by atoms with van der Waals surface area (Å²) >= 11 is 5.72. The summed E-state index contributed by atoms with van der Waals surface area (Å²) < 4.78 is 15.3. The molecule has 7 heteroatoms. The van der Waals surface area contributed by atoms with Crippen molar-refractivity contribution in [3.8, 4) is 5.75 Å². The van der Waals surface area contributed by atoms with Gasteiger partial charge in [-0.25, -0.2) is 4.39 Å². The molecule has 0 fully saturated rings. The smallest absolute Gasteiger partial charge is 0.262 e. The summed E-state index contributed by atoms with van der Waals surface area (Å²) in [6, 6.07) is 8.51. The fraction of sp³-hybridized carbons (Fsp3) is 0.273. The summed E-state index contributed by atoms with van der Waals surface area (Å²) in [4.78, 5) is 25.6. The molecule has 2 aromatic carbocycles. The Kier molecular flexibility index (Phi) is 5.94. The van der Waals surface area contributed by atoms with Crippen molar-refractivity contribution in [3.63, 3.8) is 0 Å². The van der Waals surface area contributed by atoms with E-state index in [1.807, 2.05) is 13.8 Å². The second-order valence-electron chi connectivity index (χ2n) is 7.09. The first-order chi connectivity index (χ1) is 13.7. The predicted octanol–water partition coefficient (Wildman–Crippen LogP) is 4.59. The van der Waals surface area contributed by atoms with Gasteiger partial charge in [0.15, 0.2) is 0 Å². The Morgan fingerprint density at radius 2 is 1.97 bits per heavy atom. The van der Waals surface area contributed by atoms with Crippen LogP contribution in [-0.4, -0.2) is 27.5 Å². The molecule has 1 amide bonds. The highest BCUT2D eigenvalue weighted by atomic mass is 35.5. The Morgan fingerprint density at radius 1 is 1.24 bits per heavy atom. The molecule has 0 spiro atoms. The number of carbonyl (C=O) groups is 2. The lowest BCUT2D eigenvalue weighted by Crippen LogP contribution is -2.33. The number of aromatic hydroxyl groups is 1. The van der Waals surface area contributed by atoms with Crippen molar-refractivity contribution >= 4 is 34.3 Å². The fourth-order valence-electron chi connectivity index (χ4n) is 3.30. The molecule has 1 unspecified atom stereocenters. The molecule has 0 saturated carbocycles. The molecule has 29 heavy (non-hydrogen) atoms. The van der Waals surface area contributed by atoms with Crippen LogP contribution in [-0.2, 0) is 11.2 Å². The molecule has 0 radical (unpaired) electrons.